The average molecular weight is 371 g/mol. The second-order valence-electron chi connectivity index (χ2n) is 7.21. The molecule has 2 aliphatic heterocycles. The van der Waals surface area contributed by atoms with E-state index in [4.69, 9.17) is 0 Å². The van der Waals surface area contributed by atoms with Crippen LogP contribution in [-0.2, 0) is 9.49 Å². The van der Waals surface area contributed by atoms with E-state index in [1.54, 1.807) is 0 Å². The molecule has 2 heterocycles. The van der Waals surface area contributed by atoms with Gasteiger partial charge in [0.15, 0.2) is 0 Å². The van der Waals surface area contributed by atoms with E-state index in [0.29, 0.717) is 0 Å². The number of thioether (sulfide) groups is 2. The minimum atomic E-state index is 0.0285. The van der Waals surface area contributed by atoms with E-state index in [1.165, 1.54) is 44.9 Å². The van der Waals surface area contributed by atoms with E-state index in [9.17, 15) is 0 Å². The van der Waals surface area contributed by atoms with Gasteiger partial charge in [-0.3, -0.25) is 0 Å². The fourth-order valence-corrected chi connectivity index (χ4v) is 8.25. The Balaban J connectivity index is 1.69. The molecule has 0 nitrogen and oxygen atoms in total. The summed E-state index contributed by atoms with van der Waals surface area (Å²) in [6.07, 6.45) is 5.83. The molecule has 26 heavy (non-hydrogen) atoms. The first-order valence-corrected chi connectivity index (χ1v) is 10.9. The SMILES string of the molecule is C1=Cc2ccccc2C2(SC23CCSc2ccccc23)c2ccccc21. The van der Waals surface area contributed by atoms with Crippen LogP contribution in [0.2, 0.25) is 0 Å². The smallest absolute Gasteiger partial charge is 0.0866 e. The molecule has 1 aliphatic carbocycles. The molecule has 3 aliphatic rings. The fraction of sp³-hybridized carbons (Fsp3) is 0.167. The first-order valence-electron chi connectivity index (χ1n) is 9.15. The lowest BCUT2D eigenvalue weighted by Gasteiger charge is -2.30. The highest BCUT2D eigenvalue weighted by molar-refractivity contribution is 8.09. The van der Waals surface area contributed by atoms with E-state index in [2.05, 4.69) is 96.7 Å². The Labute approximate surface area is 162 Å². The molecule has 3 aromatic carbocycles. The lowest BCUT2D eigenvalue weighted by Crippen LogP contribution is -2.28. The number of hydrogen-bond acceptors (Lipinski definition) is 2. The molecule has 0 radical (unpaired) electrons. The Morgan fingerprint density at radius 3 is 1.92 bits per heavy atom. The van der Waals surface area contributed by atoms with Crippen molar-refractivity contribution in [2.24, 2.45) is 0 Å². The van der Waals surface area contributed by atoms with Gasteiger partial charge >= 0.3 is 0 Å². The van der Waals surface area contributed by atoms with Gasteiger partial charge in [0.2, 0.25) is 0 Å². The lowest BCUT2D eigenvalue weighted by atomic mass is 9.74. The van der Waals surface area contributed by atoms with E-state index < -0.39 is 0 Å². The molecule has 1 fully saturated rings. The lowest BCUT2D eigenvalue weighted by molar-refractivity contribution is 0.569. The van der Waals surface area contributed by atoms with Crippen LogP contribution >= 0.6 is 23.5 Å². The van der Waals surface area contributed by atoms with Crippen LogP contribution in [0.5, 0.6) is 0 Å². The summed E-state index contributed by atoms with van der Waals surface area (Å²) in [5.41, 5.74) is 7.22. The summed E-state index contributed by atoms with van der Waals surface area (Å²) in [5.74, 6) is 1.20. The number of fused-ring (bicyclic) bond motifs is 7. The summed E-state index contributed by atoms with van der Waals surface area (Å²) in [4.78, 5) is 1.47. The van der Waals surface area contributed by atoms with Crippen LogP contribution in [0.4, 0.5) is 0 Å². The Morgan fingerprint density at radius 2 is 1.23 bits per heavy atom. The van der Waals surface area contributed by atoms with Crippen LogP contribution < -0.4 is 0 Å². The van der Waals surface area contributed by atoms with Gasteiger partial charge in [0.1, 0.15) is 0 Å². The monoisotopic (exact) mass is 370 g/mol. The predicted molar refractivity (Wildman–Crippen MR) is 114 cm³/mol. The zero-order valence-electron chi connectivity index (χ0n) is 14.3. The number of hydrogen-bond donors (Lipinski definition) is 0. The van der Waals surface area contributed by atoms with Gasteiger partial charge in [0.05, 0.1) is 9.49 Å². The Morgan fingerprint density at radius 1 is 0.654 bits per heavy atom. The molecule has 1 unspecified atom stereocenters. The van der Waals surface area contributed by atoms with E-state index in [0.717, 1.165) is 0 Å². The maximum atomic E-state index is 2.37. The van der Waals surface area contributed by atoms with E-state index >= 15 is 0 Å². The molecule has 2 spiro atoms. The van der Waals surface area contributed by atoms with Crippen molar-refractivity contribution in [2.45, 2.75) is 20.8 Å². The van der Waals surface area contributed by atoms with Crippen LogP contribution in [-0.4, -0.2) is 5.75 Å². The molecule has 0 aromatic heterocycles. The summed E-state index contributed by atoms with van der Waals surface area (Å²) >= 11 is 4.19. The third-order valence-electron chi connectivity index (χ3n) is 6.01. The molecular weight excluding hydrogens is 352 g/mol. The van der Waals surface area contributed by atoms with Crippen molar-refractivity contribution >= 4 is 35.7 Å². The van der Waals surface area contributed by atoms with Gasteiger partial charge in [-0.05, 0) is 46.1 Å². The van der Waals surface area contributed by atoms with Crippen LogP contribution in [0.3, 0.4) is 0 Å². The Kier molecular flexibility index (Phi) is 3.10. The minimum Gasteiger partial charge on any atom is -0.130 e. The van der Waals surface area contributed by atoms with Crippen molar-refractivity contribution in [2.75, 3.05) is 5.75 Å². The third kappa shape index (κ3) is 1.79. The molecule has 0 saturated carbocycles. The van der Waals surface area contributed by atoms with Crippen LogP contribution in [0.15, 0.2) is 77.7 Å². The average Bonchev–Trinajstić information content (AvgIpc) is 3.39. The number of rotatable bonds is 0. The van der Waals surface area contributed by atoms with Gasteiger partial charge in [-0.2, -0.15) is 0 Å². The summed E-state index contributed by atoms with van der Waals surface area (Å²) in [5, 5.41) is 0. The zero-order valence-corrected chi connectivity index (χ0v) is 15.9. The van der Waals surface area contributed by atoms with Gasteiger partial charge in [-0.1, -0.05) is 78.9 Å². The van der Waals surface area contributed by atoms with Crippen LogP contribution in [0, 0.1) is 0 Å². The molecule has 3 aromatic rings. The van der Waals surface area contributed by atoms with Gasteiger partial charge < -0.3 is 0 Å². The van der Waals surface area contributed by atoms with Crippen molar-refractivity contribution in [3.05, 3.63) is 101 Å². The molecule has 6 rings (SSSR count). The largest absolute Gasteiger partial charge is 0.130 e. The second-order valence-corrected chi connectivity index (χ2v) is 9.86. The molecule has 0 amide bonds. The summed E-state index contributed by atoms with van der Waals surface area (Å²) in [6, 6.07) is 27.1. The highest BCUT2D eigenvalue weighted by Crippen LogP contribution is 2.82. The molecule has 1 saturated heterocycles. The molecule has 0 bridgehead atoms. The Hall–Kier alpha value is -1.90. The van der Waals surface area contributed by atoms with Crippen molar-refractivity contribution < 1.29 is 0 Å². The summed E-state index contributed by atoms with van der Waals surface area (Å²) < 4.78 is 0.188. The predicted octanol–water partition coefficient (Wildman–Crippen LogP) is 6.55. The molecule has 1 atom stereocenters. The molecule has 0 N–H and O–H groups in total. The zero-order chi connectivity index (χ0) is 17.2. The standard InChI is InChI=1S/C24H18S2/c1-3-9-19-17(7-1)13-14-18-8-2-4-10-20(18)24(19)23(26-24)15-16-25-22-12-6-5-11-21(22)23/h1-14H,15-16H2. The van der Waals surface area contributed by atoms with Crippen molar-refractivity contribution in [3.63, 3.8) is 0 Å². The molecule has 2 heteroatoms. The first kappa shape index (κ1) is 15.2. The second kappa shape index (κ2) is 5.31. The maximum absolute atomic E-state index is 2.37. The topological polar surface area (TPSA) is 0 Å². The van der Waals surface area contributed by atoms with Gasteiger partial charge in [0.25, 0.3) is 0 Å². The Bertz CT molecular complexity index is 1020. The van der Waals surface area contributed by atoms with Crippen LogP contribution in [0.25, 0.3) is 12.2 Å². The van der Waals surface area contributed by atoms with Gasteiger partial charge in [-0.15, -0.1) is 23.5 Å². The van der Waals surface area contributed by atoms with Crippen molar-refractivity contribution in [1.29, 1.82) is 0 Å². The number of benzene rings is 3. The molecular formula is C24H18S2. The van der Waals surface area contributed by atoms with Crippen LogP contribution in [0.1, 0.15) is 34.2 Å². The summed E-state index contributed by atoms with van der Waals surface area (Å²) in [7, 11) is 0. The minimum absolute atomic E-state index is 0.0285. The fourth-order valence-electron chi connectivity index (χ4n) is 4.87. The third-order valence-corrected chi connectivity index (χ3v) is 9.06. The van der Waals surface area contributed by atoms with Crippen molar-refractivity contribution in [1.82, 2.24) is 0 Å². The quantitative estimate of drug-likeness (QED) is 0.411. The first-order chi connectivity index (χ1) is 12.9. The van der Waals surface area contributed by atoms with E-state index in [-0.39, 0.29) is 9.49 Å². The summed E-state index contributed by atoms with van der Waals surface area (Å²) in [6.45, 7) is 0. The highest BCUT2D eigenvalue weighted by Gasteiger charge is 2.72. The highest BCUT2D eigenvalue weighted by atomic mass is 32.2. The van der Waals surface area contributed by atoms with Crippen molar-refractivity contribution in [3.8, 4) is 0 Å². The van der Waals surface area contributed by atoms with E-state index in [1.807, 2.05) is 11.8 Å². The van der Waals surface area contributed by atoms with Gasteiger partial charge in [0, 0.05) is 4.90 Å². The maximum Gasteiger partial charge on any atom is 0.0866 e. The molecule has 126 valence electrons. The van der Waals surface area contributed by atoms with Gasteiger partial charge in [-0.25, -0.2) is 0 Å². The normalized spacial score (nSPS) is 23.8.